The van der Waals surface area contributed by atoms with E-state index in [9.17, 15) is 24.5 Å². The highest BCUT2D eigenvalue weighted by Gasteiger charge is 2.34. The van der Waals surface area contributed by atoms with Crippen molar-refractivity contribution in [1.29, 1.82) is 0 Å². The van der Waals surface area contributed by atoms with Crippen LogP contribution < -0.4 is 5.32 Å². The van der Waals surface area contributed by atoms with Gasteiger partial charge in [0.2, 0.25) is 0 Å². The molecule has 0 aliphatic heterocycles. The molecule has 0 spiro atoms. The van der Waals surface area contributed by atoms with Gasteiger partial charge in [-0.1, -0.05) is 54.6 Å². The zero-order chi connectivity index (χ0) is 25.4. The lowest BCUT2D eigenvalue weighted by atomic mass is 9.88. The fourth-order valence-electron chi connectivity index (χ4n) is 3.65. The Labute approximate surface area is 201 Å². The summed E-state index contributed by atoms with van der Waals surface area (Å²) in [4.78, 5) is 48.3. The molecule has 3 rings (SSSR count). The minimum atomic E-state index is -1.25. The molecular weight excluding hydrogens is 452 g/mol. The number of amides is 1. The lowest BCUT2D eigenvalue weighted by molar-refractivity contribution is -0.384. The van der Waals surface area contributed by atoms with Crippen LogP contribution in [0.4, 0.5) is 5.69 Å². The van der Waals surface area contributed by atoms with Crippen molar-refractivity contribution in [2.45, 2.75) is 18.4 Å². The van der Waals surface area contributed by atoms with Crippen molar-refractivity contribution in [3.63, 3.8) is 0 Å². The Morgan fingerprint density at radius 2 is 1.46 bits per heavy atom. The van der Waals surface area contributed by atoms with E-state index in [2.05, 4.69) is 5.32 Å². The average Bonchev–Trinajstić information content (AvgIpc) is 2.90. The first-order valence-electron chi connectivity index (χ1n) is 10.7. The molecule has 0 saturated carbocycles. The Bertz CT molecular complexity index is 1190. The molecule has 1 amide bonds. The van der Waals surface area contributed by atoms with Crippen LogP contribution in [0.25, 0.3) is 11.1 Å². The molecule has 1 N–H and O–H groups in total. The number of nitro benzene ring substituents is 1. The van der Waals surface area contributed by atoms with E-state index in [0.717, 1.165) is 11.1 Å². The van der Waals surface area contributed by atoms with Crippen LogP contribution in [0.3, 0.4) is 0 Å². The van der Waals surface area contributed by atoms with Crippen molar-refractivity contribution < 1.29 is 28.8 Å². The van der Waals surface area contributed by atoms with Crippen LogP contribution in [0.1, 0.15) is 28.3 Å². The number of nitrogens with one attached hydrogen (secondary N) is 1. The van der Waals surface area contributed by atoms with Crippen molar-refractivity contribution >= 4 is 23.5 Å². The summed E-state index contributed by atoms with van der Waals surface area (Å²) in [5.41, 5.74) is 2.49. The molecule has 3 aromatic rings. The van der Waals surface area contributed by atoms with Crippen molar-refractivity contribution in [2.24, 2.45) is 0 Å². The van der Waals surface area contributed by atoms with Gasteiger partial charge in [-0.05, 0) is 28.8 Å². The normalized spacial score (nSPS) is 12.2. The number of rotatable bonds is 9. The molecule has 0 bridgehead atoms. The number of nitro groups is 1. The maximum absolute atomic E-state index is 13.0. The van der Waals surface area contributed by atoms with Crippen molar-refractivity contribution in [2.75, 3.05) is 14.2 Å². The standard InChI is InChI=1S/C26H24N2O7/c1-34-23(29)16-22(19-12-14-21(15-13-19)28(32)33)24(26(31)35-2)27-25(30)20-10-8-18(9-11-20)17-6-4-3-5-7-17/h3-15,22,24H,16H2,1-2H3,(H,27,30)/t22-,24+/m1/s1. The van der Waals surface area contributed by atoms with Crippen LogP contribution in [0, 0.1) is 10.1 Å². The van der Waals surface area contributed by atoms with Gasteiger partial charge in [0.1, 0.15) is 6.04 Å². The monoisotopic (exact) mass is 476 g/mol. The number of carbonyl (C=O) groups excluding carboxylic acids is 3. The first-order valence-corrected chi connectivity index (χ1v) is 10.7. The SMILES string of the molecule is COC(=O)C[C@H](c1ccc([N+](=O)[O-])cc1)[C@H](NC(=O)c1ccc(-c2ccccc2)cc1)C(=O)OC. The second-order valence-corrected chi connectivity index (χ2v) is 7.65. The van der Waals surface area contributed by atoms with E-state index in [-0.39, 0.29) is 12.1 Å². The molecule has 0 aliphatic carbocycles. The number of non-ortho nitro benzene ring substituents is 1. The number of hydrogen-bond donors (Lipinski definition) is 1. The minimum Gasteiger partial charge on any atom is -0.469 e. The molecule has 2 atom stereocenters. The summed E-state index contributed by atoms with van der Waals surface area (Å²) < 4.78 is 9.65. The van der Waals surface area contributed by atoms with Crippen LogP contribution in [0.5, 0.6) is 0 Å². The molecule has 180 valence electrons. The van der Waals surface area contributed by atoms with Crippen LogP contribution in [0.2, 0.25) is 0 Å². The Morgan fingerprint density at radius 3 is 2.00 bits per heavy atom. The first-order chi connectivity index (χ1) is 16.8. The van der Waals surface area contributed by atoms with E-state index in [1.165, 1.54) is 38.5 Å². The van der Waals surface area contributed by atoms with Crippen molar-refractivity contribution in [3.05, 3.63) is 100 Å². The summed E-state index contributed by atoms with van der Waals surface area (Å²) in [6.45, 7) is 0. The fourth-order valence-corrected chi connectivity index (χ4v) is 3.65. The van der Waals surface area contributed by atoms with Gasteiger partial charge < -0.3 is 14.8 Å². The highest BCUT2D eigenvalue weighted by Crippen LogP contribution is 2.28. The number of benzene rings is 3. The number of esters is 2. The van der Waals surface area contributed by atoms with Gasteiger partial charge in [0.25, 0.3) is 11.6 Å². The maximum Gasteiger partial charge on any atom is 0.329 e. The summed E-state index contributed by atoms with van der Waals surface area (Å²) in [5.74, 6) is -2.82. The van der Waals surface area contributed by atoms with Crippen molar-refractivity contribution in [3.8, 4) is 11.1 Å². The number of carbonyl (C=O) groups is 3. The van der Waals surface area contributed by atoms with Gasteiger partial charge in [0, 0.05) is 23.6 Å². The lowest BCUT2D eigenvalue weighted by Crippen LogP contribution is -2.46. The topological polar surface area (TPSA) is 125 Å². The van der Waals surface area contributed by atoms with E-state index in [1.54, 1.807) is 24.3 Å². The van der Waals surface area contributed by atoms with E-state index < -0.39 is 34.7 Å². The average molecular weight is 476 g/mol. The predicted molar refractivity (Wildman–Crippen MR) is 128 cm³/mol. The molecule has 0 fully saturated rings. The number of hydrogen-bond acceptors (Lipinski definition) is 7. The largest absolute Gasteiger partial charge is 0.469 e. The molecule has 0 unspecified atom stereocenters. The number of methoxy groups -OCH3 is 2. The fraction of sp³-hybridized carbons (Fsp3) is 0.192. The van der Waals surface area contributed by atoms with Crippen LogP contribution >= 0.6 is 0 Å². The van der Waals surface area contributed by atoms with Gasteiger partial charge in [-0.25, -0.2) is 4.79 Å². The van der Waals surface area contributed by atoms with Gasteiger partial charge in [0.15, 0.2) is 0 Å². The summed E-state index contributed by atoms with van der Waals surface area (Å²) in [7, 11) is 2.37. The van der Waals surface area contributed by atoms with Gasteiger partial charge in [-0.2, -0.15) is 0 Å². The molecule has 9 heteroatoms. The quantitative estimate of drug-likeness (QED) is 0.282. The highest BCUT2D eigenvalue weighted by molar-refractivity contribution is 5.97. The van der Waals surface area contributed by atoms with Gasteiger partial charge in [-0.15, -0.1) is 0 Å². The zero-order valence-electron chi connectivity index (χ0n) is 19.2. The van der Waals surface area contributed by atoms with E-state index >= 15 is 0 Å². The van der Waals surface area contributed by atoms with Crippen LogP contribution in [0.15, 0.2) is 78.9 Å². The van der Waals surface area contributed by atoms with Crippen LogP contribution in [-0.4, -0.2) is 43.0 Å². The molecule has 0 radical (unpaired) electrons. The summed E-state index contributed by atoms with van der Waals surface area (Å²) in [5, 5.41) is 13.7. The summed E-state index contributed by atoms with van der Waals surface area (Å²) >= 11 is 0. The van der Waals surface area contributed by atoms with E-state index in [0.29, 0.717) is 11.1 Å². The third-order valence-corrected chi connectivity index (χ3v) is 5.54. The molecule has 35 heavy (non-hydrogen) atoms. The van der Waals surface area contributed by atoms with Crippen molar-refractivity contribution in [1.82, 2.24) is 5.32 Å². The molecule has 9 nitrogen and oxygen atoms in total. The Morgan fingerprint density at radius 1 is 0.857 bits per heavy atom. The third-order valence-electron chi connectivity index (χ3n) is 5.54. The molecule has 0 aliphatic rings. The third kappa shape index (κ3) is 6.29. The van der Waals surface area contributed by atoms with Gasteiger partial charge in [-0.3, -0.25) is 19.7 Å². The second kappa shape index (κ2) is 11.6. The van der Waals surface area contributed by atoms with Gasteiger partial charge in [0.05, 0.1) is 25.6 Å². The molecule has 0 heterocycles. The summed E-state index contributed by atoms with van der Waals surface area (Å²) in [6.07, 6.45) is -0.263. The minimum absolute atomic E-state index is 0.150. The molecule has 0 saturated heterocycles. The summed E-state index contributed by atoms with van der Waals surface area (Å²) in [6, 6.07) is 20.6. The Hall–Kier alpha value is -4.53. The first kappa shape index (κ1) is 25.1. The molecule has 0 aromatic heterocycles. The molecular formula is C26H24N2O7. The zero-order valence-corrected chi connectivity index (χ0v) is 19.2. The van der Waals surface area contributed by atoms with Crippen LogP contribution in [-0.2, 0) is 19.1 Å². The number of ether oxygens (including phenoxy) is 2. The highest BCUT2D eigenvalue weighted by atomic mass is 16.6. The predicted octanol–water partition coefficient (Wildman–Crippen LogP) is 3.88. The maximum atomic E-state index is 13.0. The lowest BCUT2D eigenvalue weighted by Gasteiger charge is -2.26. The Balaban J connectivity index is 1.89. The Kier molecular flexibility index (Phi) is 8.29. The molecule has 3 aromatic carbocycles. The van der Waals surface area contributed by atoms with E-state index in [1.807, 2.05) is 30.3 Å². The second-order valence-electron chi connectivity index (χ2n) is 7.65. The van der Waals surface area contributed by atoms with E-state index in [4.69, 9.17) is 9.47 Å². The smallest absolute Gasteiger partial charge is 0.329 e. The number of nitrogens with zero attached hydrogens (tertiary/aromatic N) is 1. The van der Waals surface area contributed by atoms with Gasteiger partial charge >= 0.3 is 11.9 Å².